The molecule has 7 heteroatoms. The van der Waals surface area contributed by atoms with Crippen molar-refractivity contribution in [3.05, 3.63) is 35.5 Å². The molecule has 3 rings (SSSR count). The van der Waals surface area contributed by atoms with Gasteiger partial charge in [0.1, 0.15) is 5.82 Å². The van der Waals surface area contributed by atoms with E-state index in [2.05, 4.69) is 15.7 Å². The summed E-state index contributed by atoms with van der Waals surface area (Å²) >= 11 is 0. The Morgan fingerprint density at radius 3 is 2.71 bits per heavy atom. The molecular weight excluding hydrogens is 308 g/mol. The molecule has 128 valence electrons. The Bertz CT molecular complexity index is 741. The van der Waals surface area contributed by atoms with Crippen molar-refractivity contribution in [2.45, 2.75) is 26.3 Å². The van der Waals surface area contributed by atoms with Crippen LogP contribution in [-0.4, -0.2) is 29.0 Å². The van der Waals surface area contributed by atoms with E-state index in [1.165, 1.54) is 0 Å². The molecule has 2 aromatic rings. The first-order valence-corrected chi connectivity index (χ1v) is 8.00. The summed E-state index contributed by atoms with van der Waals surface area (Å²) < 4.78 is 12.9. The van der Waals surface area contributed by atoms with Crippen molar-refractivity contribution in [2.24, 2.45) is 7.05 Å². The summed E-state index contributed by atoms with van der Waals surface area (Å²) in [7, 11) is 1.79. The molecule has 0 bridgehead atoms. The summed E-state index contributed by atoms with van der Waals surface area (Å²) in [6, 6.07) is 7.11. The molecule has 0 fully saturated rings. The lowest BCUT2D eigenvalue weighted by molar-refractivity contribution is 0.249. The molecule has 0 aliphatic carbocycles. The fourth-order valence-corrected chi connectivity index (χ4v) is 2.61. The number of carbonyl (C=O) groups excluding carboxylic acids is 1. The van der Waals surface area contributed by atoms with Crippen LogP contribution in [0.25, 0.3) is 0 Å². The lowest BCUT2D eigenvalue weighted by Gasteiger charge is -2.17. The summed E-state index contributed by atoms with van der Waals surface area (Å²) in [5.41, 5.74) is 1.80. The van der Waals surface area contributed by atoms with Crippen molar-refractivity contribution in [3.8, 4) is 11.5 Å². The second kappa shape index (κ2) is 6.82. The van der Waals surface area contributed by atoms with Crippen LogP contribution in [0, 0.1) is 6.92 Å². The molecule has 1 atom stereocenters. The molecular formula is C17H22N4O3. The van der Waals surface area contributed by atoms with Gasteiger partial charge in [0.25, 0.3) is 0 Å². The zero-order valence-corrected chi connectivity index (χ0v) is 14.1. The van der Waals surface area contributed by atoms with E-state index in [9.17, 15) is 4.79 Å². The van der Waals surface area contributed by atoms with Crippen LogP contribution >= 0.6 is 0 Å². The van der Waals surface area contributed by atoms with Crippen LogP contribution in [0.15, 0.2) is 24.3 Å². The van der Waals surface area contributed by atoms with E-state index < -0.39 is 0 Å². The average molecular weight is 330 g/mol. The van der Waals surface area contributed by atoms with Gasteiger partial charge >= 0.3 is 6.03 Å². The molecule has 1 aromatic carbocycles. The highest BCUT2D eigenvalue weighted by molar-refractivity contribution is 5.88. The van der Waals surface area contributed by atoms with Crippen molar-refractivity contribution >= 4 is 11.8 Å². The molecule has 2 N–H and O–H groups in total. The van der Waals surface area contributed by atoms with Crippen LogP contribution in [0.5, 0.6) is 11.5 Å². The Hall–Kier alpha value is -2.70. The third-order valence-electron chi connectivity index (χ3n) is 3.86. The Balaban J connectivity index is 1.66. The fraction of sp³-hybridized carbons (Fsp3) is 0.412. The van der Waals surface area contributed by atoms with Gasteiger partial charge in [-0.15, -0.1) is 0 Å². The van der Waals surface area contributed by atoms with Gasteiger partial charge in [-0.2, -0.15) is 5.10 Å². The number of ether oxygens (including phenoxy) is 2. The first-order chi connectivity index (χ1) is 11.5. The van der Waals surface area contributed by atoms with Crippen molar-refractivity contribution < 1.29 is 14.3 Å². The highest BCUT2D eigenvalue weighted by Crippen LogP contribution is 2.32. The van der Waals surface area contributed by atoms with E-state index >= 15 is 0 Å². The number of aromatic nitrogens is 2. The second-order valence-electron chi connectivity index (χ2n) is 5.87. The minimum absolute atomic E-state index is 0.170. The number of urea groups is 1. The summed E-state index contributed by atoms with van der Waals surface area (Å²) in [4.78, 5) is 12.2. The topological polar surface area (TPSA) is 77.4 Å². The van der Waals surface area contributed by atoms with E-state index in [1.54, 1.807) is 11.7 Å². The van der Waals surface area contributed by atoms with Crippen molar-refractivity contribution in [2.75, 3.05) is 18.5 Å². The number of hydrogen-bond donors (Lipinski definition) is 2. The summed E-state index contributed by atoms with van der Waals surface area (Å²) in [6.07, 6.45) is 0.865. The normalized spacial score (nSPS) is 14.6. The van der Waals surface area contributed by atoms with Crippen LogP contribution in [0.2, 0.25) is 0 Å². The molecule has 0 spiro atoms. The number of rotatable bonds is 3. The van der Waals surface area contributed by atoms with Gasteiger partial charge < -0.3 is 14.8 Å². The molecule has 24 heavy (non-hydrogen) atoms. The standard InChI is InChI=1S/C17H22N4O3/c1-11-9-16(21(3)20-11)19-17(22)18-12(2)13-5-6-14-15(10-13)24-8-4-7-23-14/h5-6,9-10,12H,4,7-8H2,1-3H3,(H2,18,19,22). The quantitative estimate of drug-likeness (QED) is 0.907. The van der Waals surface area contributed by atoms with Crippen LogP contribution in [0.3, 0.4) is 0 Å². The van der Waals surface area contributed by atoms with E-state index in [0.717, 1.165) is 29.2 Å². The van der Waals surface area contributed by atoms with Crippen LogP contribution < -0.4 is 20.1 Å². The monoisotopic (exact) mass is 330 g/mol. The lowest BCUT2D eigenvalue weighted by Crippen LogP contribution is -2.31. The number of carbonyl (C=O) groups is 1. The Kier molecular flexibility index (Phi) is 4.59. The van der Waals surface area contributed by atoms with Crippen LogP contribution in [0.4, 0.5) is 10.6 Å². The van der Waals surface area contributed by atoms with Crippen LogP contribution in [0.1, 0.15) is 30.6 Å². The minimum atomic E-state index is -0.280. The molecule has 2 heterocycles. The number of benzene rings is 1. The Morgan fingerprint density at radius 1 is 1.25 bits per heavy atom. The SMILES string of the molecule is Cc1cc(NC(=O)NC(C)c2ccc3c(c2)OCCCO3)n(C)n1. The number of nitrogens with zero attached hydrogens (tertiary/aromatic N) is 2. The van der Waals surface area contributed by atoms with Gasteiger partial charge in [0.2, 0.25) is 0 Å². The van der Waals surface area contributed by atoms with E-state index in [4.69, 9.17) is 9.47 Å². The highest BCUT2D eigenvalue weighted by Gasteiger charge is 2.16. The molecule has 0 radical (unpaired) electrons. The molecule has 1 aliphatic rings. The zero-order valence-electron chi connectivity index (χ0n) is 14.1. The first kappa shape index (κ1) is 16.2. The lowest BCUT2D eigenvalue weighted by atomic mass is 10.1. The summed E-state index contributed by atoms with van der Waals surface area (Å²) in [5.74, 6) is 2.12. The third-order valence-corrected chi connectivity index (χ3v) is 3.86. The number of fused-ring (bicyclic) bond motifs is 1. The maximum absolute atomic E-state index is 12.2. The Labute approximate surface area is 140 Å². The van der Waals surface area contributed by atoms with Gasteiger partial charge in [-0.3, -0.25) is 10.00 Å². The van der Waals surface area contributed by atoms with Crippen molar-refractivity contribution in [1.82, 2.24) is 15.1 Å². The van der Waals surface area contributed by atoms with E-state index in [-0.39, 0.29) is 12.1 Å². The summed E-state index contributed by atoms with van der Waals surface area (Å²) in [6.45, 7) is 5.10. The van der Waals surface area contributed by atoms with E-state index in [1.807, 2.05) is 38.1 Å². The highest BCUT2D eigenvalue weighted by atomic mass is 16.5. The third kappa shape index (κ3) is 3.61. The first-order valence-electron chi connectivity index (χ1n) is 8.00. The van der Waals surface area contributed by atoms with Crippen molar-refractivity contribution in [1.29, 1.82) is 0 Å². The zero-order chi connectivity index (χ0) is 17.1. The minimum Gasteiger partial charge on any atom is -0.490 e. The van der Waals surface area contributed by atoms with Crippen molar-refractivity contribution in [3.63, 3.8) is 0 Å². The van der Waals surface area contributed by atoms with Gasteiger partial charge in [0.15, 0.2) is 11.5 Å². The van der Waals surface area contributed by atoms with E-state index in [0.29, 0.717) is 19.0 Å². The maximum atomic E-state index is 12.2. The number of anilines is 1. The smallest absolute Gasteiger partial charge is 0.320 e. The number of nitrogens with one attached hydrogen (secondary N) is 2. The van der Waals surface area contributed by atoms with Gasteiger partial charge in [0, 0.05) is 19.5 Å². The molecule has 1 aliphatic heterocycles. The van der Waals surface area contributed by atoms with Gasteiger partial charge in [-0.1, -0.05) is 6.07 Å². The fourth-order valence-electron chi connectivity index (χ4n) is 2.61. The maximum Gasteiger partial charge on any atom is 0.320 e. The molecule has 2 amide bonds. The van der Waals surface area contributed by atoms with Gasteiger partial charge in [-0.25, -0.2) is 4.79 Å². The second-order valence-corrected chi connectivity index (χ2v) is 5.87. The molecule has 7 nitrogen and oxygen atoms in total. The molecule has 1 unspecified atom stereocenters. The number of aryl methyl sites for hydroxylation is 2. The Morgan fingerprint density at radius 2 is 2.00 bits per heavy atom. The number of amides is 2. The molecule has 0 saturated heterocycles. The predicted octanol–water partition coefficient (Wildman–Crippen LogP) is 2.77. The van der Waals surface area contributed by atoms with Gasteiger partial charge in [-0.05, 0) is 31.5 Å². The molecule has 0 saturated carbocycles. The van der Waals surface area contributed by atoms with Gasteiger partial charge in [0.05, 0.1) is 24.9 Å². The van der Waals surface area contributed by atoms with Crippen LogP contribution in [-0.2, 0) is 7.05 Å². The largest absolute Gasteiger partial charge is 0.490 e. The predicted molar refractivity (Wildman–Crippen MR) is 90.6 cm³/mol. The average Bonchev–Trinajstić information content (AvgIpc) is 2.75. The summed E-state index contributed by atoms with van der Waals surface area (Å²) in [5, 5.41) is 9.92. The number of hydrogen-bond acceptors (Lipinski definition) is 4. The molecule has 1 aromatic heterocycles.